The van der Waals surface area contributed by atoms with Gasteiger partial charge in [-0.1, -0.05) is 11.6 Å². The van der Waals surface area contributed by atoms with E-state index in [-0.39, 0.29) is 5.97 Å². The molecule has 1 unspecified atom stereocenters. The normalized spacial score (nSPS) is 18.0. The van der Waals surface area contributed by atoms with E-state index in [0.29, 0.717) is 18.9 Å². The van der Waals surface area contributed by atoms with Gasteiger partial charge >= 0.3 is 5.97 Å². The summed E-state index contributed by atoms with van der Waals surface area (Å²) in [6, 6.07) is 5.72. The highest BCUT2D eigenvalue weighted by Gasteiger charge is 2.26. The van der Waals surface area contributed by atoms with Crippen molar-refractivity contribution in [2.45, 2.75) is 32.6 Å². The molecule has 0 saturated heterocycles. The Balaban J connectivity index is 1.81. The van der Waals surface area contributed by atoms with Gasteiger partial charge in [-0.15, -0.1) is 0 Å². The average molecular weight is 293 g/mol. The third-order valence-electron chi connectivity index (χ3n) is 3.87. The predicted octanol–water partition coefficient (Wildman–Crippen LogP) is 4.14. The van der Waals surface area contributed by atoms with Gasteiger partial charge in [-0.25, -0.2) is 0 Å². The zero-order valence-corrected chi connectivity index (χ0v) is 12.2. The maximum absolute atomic E-state index is 11.6. The maximum atomic E-state index is 11.6. The van der Waals surface area contributed by atoms with Gasteiger partial charge in [-0.3, -0.25) is 4.79 Å². The van der Waals surface area contributed by atoms with E-state index in [4.69, 9.17) is 20.8 Å². The van der Waals surface area contributed by atoms with E-state index in [1.807, 2.05) is 25.1 Å². The van der Waals surface area contributed by atoms with Gasteiger partial charge in [0.25, 0.3) is 0 Å². The Morgan fingerprint density at radius 1 is 1.50 bits per heavy atom. The van der Waals surface area contributed by atoms with Crippen molar-refractivity contribution >= 4 is 28.5 Å². The first-order chi connectivity index (χ1) is 9.67. The van der Waals surface area contributed by atoms with E-state index in [2.05, 4.69) is 0 Å². The highest BCUT2D eigenvalue weighted by atomic mass is 35.5. The lowest BCUT2D eigenvalue weighted by molar-refractivity contribution is -0.144. The first-order valence-electron chi connectivity index (χ1n) is 7.02. The number of benzene rings is 1. The molecule has 0 radical (unpaired) electrons. The second-order valence-electron chi connectivity index (χ2n) is 5.26. The standard InChI is InChI=1S/C16H17ClO3/c1-2-19-16(18)8-10-3-5-12-13-9-11(17)4-6-14(13)20-15(12)7-10/h4,6,9-10H,2-3,5,7-8H2,1H3. The lowest BCUT2D eigenvalue weighted by Gasteiger charge is -2.20. The molecule has 106 valence electrons. The lowest BCUT2D eigenvalue weighted by atomic mass is 9.85. The van der Waals surface area contributed by atoms with Crippen LogP contribution < -0.4 is 0 Å². The van der Waals surface area contributed by atoms with Crippen LogP contribution in [0.3, 0.4) is 0 Å². The van der Waals surface area contributed by atoms with E-state index in [9.17, 15) is 4.79 Å². The highest BCUT2D eigenvalue weighted by Crippen LogP contribution is 2.36. The van der Waals surface area contributed by atoms with Gasteiger partial charge < -0.3 is 9.15 Å². The van der Waals surface area contributed by atoms with Crippen LogP contribution in [-0.4, -0.2) is 12.6 Å². The van der Waals surface area contributed by atoms with Crippen LogP contribution in [0.2, 0.25) is 5.02 Å². The predicted molar refractivity (Wildman–Crippen MR) is 78.0 cm³/mol. The molecule has 0 amide bonds. The largest absolute Gasteiger partial charge is 0.466 e. The first kappa shape index (κ1) is 13.5. The Labute approximate surface area is 122 Å². The topological polar surface area (TPSA) is 39.4 Å². The van der Waals surface area contributed by atoms with Gasteiger partial charge in [0.15, 0.2) is 0 Å². The van der Waals surface area contributed by atoms with Gasteiger partial charge in [0, 0.05) is 28.8 Å². The summed E-state index contributed by atoms with van der Waals surface area (Å²) in [5.74, 6) is 1.21. The summed E-state index contributed by atoms with van der Waals surface area (Å²) in [6.45, 7) is 2.28. The van der Waals surface area contributed by atoms with Crippen molar-refractivity contribution in [3.05, 3.63) is 34.5 Å². The van der Waals surface area contributed by atoms with Crippen molar-refractivity contribution in [3.8, 4) is 0 Å². The molecule has 1 aliphatic rings. The van der Waals surface area contributed by atoms with Crippen LogP contribution in [0.25, 0.3) is 11.0 Å². The Hall–Kier alpha value is -1.48. The van der Waals surface area contributed by atoms with Gasteiger partial charge in [-0.05, 0) is 43.9 Å². The van der Waals surface area contributed by atoms with E-state index < -0.39 is 0 Å². The molecule has 0 aliphatic heterocycles. The molecule has 2 aromatic rings. The number of fused-ring (bicyclic) bond motifs is 3. The molecule has 3 nitrogen and oxygen atoms in total. The van der Waals surface area contributed by atoms with Crippen LogP contribution in [0, 0.1) is 5.92 Å². The summed E-state index contributed by atoms with van der Waals surface area (Å²) in [7, 11) is 0. The van der Waals surface area contributed by atoms with Crippen molar-refractivity contribution < 1.29 is 13.9 Å². The molecule has 0 saturated carbocycles. The fourth-order valence-corrected chi connectivity index (χ4v) is 3.13. The van der Waals surface area contributed by atoms with E-state index in [0.717, 1.165) is 41.0 Å². The van der Waals surface area contributed by atoms with Crippen LogP contribution in [0.1, 0.15) is 31.1 Å². The van der Waals surface area contributed by atoms with Crippen LogP contribution in [0.5, 0.6) is 0 Å². The summed E-state index contributed by atoms with van der Waals surface area (Å²) in [5.41, 5.74) is 2.14. The van der Waals surface area contributed by atoms with Crippen molar-refractivity contribution in [3.63, 3.8) is 0 Å². The number of carbonyl (C=O) groups is 1. The Morgan fingerprint density at radius 3 is 3.15 bits per heavy atom. The Kier molecular flexibility index (Phi) is 3.70. The maximum Gasteiger partial charge on any atom is 0.306 e. The fourth-order valence-electron chi connectivity index (χ4n) is 2.95. The summed E-state index contributed by atoms with van der Waals surface area (Å²) >= 11 is 6.05. The third kappa shape index (κ3) is 2.55. The molecule has 1 heterocycles. The second-order valence-corrected chi connectivity index (χ2v) is 5.70. The zero-order valence-electron chi connectivity index (χ0n) is 11.4. The van der Waals surface area contributed by atoms with Crippen LogP contribution in [0.4, 0.5) is 0 Å². The quantitative estimate of drug-likeness (QED) is 0.798. The number of ether oxygens (including phenoxy) is 1. The van der Waals surface area contributed by atoms with E-state index in [1.54, 1.807) is 0 Å². The molecule has 1 atom stereocenters. The molecule has 1 aromatic heterocycles. The van der Waals surface area contributed by atoms with E-state index in [1.165, 1.54) is 5.56 Å². The number of rotatable bonds is 3. The summed E-state index contributed by atoms with van der Waals surface area (Å²) in [5, 5.41) is 1.84. The van der Waals surface area contributed by atoms with Crippen molar-refractivity contribution in [2.24, 2.45) is 5.92 Å². The molecular weight excluding hydrogens is 276 g/mol. The second kappa shape index (κ2) is 5.49. The van der Waals surface area contributed by atoms with Crippen molar-refractivity contribution in [1.82, 2.24) is 0 Å². The van der Waals surface area contributed by atoms with Crippen LogP contribution in [-0.2, 0) is 22.4 Å². The van der Waals surface area contributed by atoms with Gasteiger partial charge in [-0.2, -0.15) is 0 Å². The Morgan fingerprint density at radius 2 is 2.35 bits per heavy atom. The SMILES string of the molecule is CCOC(=O)CC1CCc2c(oc3ccc(Cl)cc23)C1. The minimum Gasteiger partial charge on any atom is -0.466 e. The summed E-state index contributed by atoms with van der Waals surface area (Å²) < 4.78 is 10.9. The summed E-state index contributed by atoms with van der Waals surface area (Å²) in [6.07, 6.45) is 3.21. The number of halogens is 1. The number of carbonyl (C=O) groups excluding carboxylic acids is 1. The monoisotopic (exact) mass is 292 g/mol. The fraction of sp³-hybridized carbons (Fsp3) is 0.438. The number of hydrogen-bond acceptors (Lipinski definition) is 3. The molecule has 3 rings (SSSR count). The molecule has 1 aliphatic carbocycles. The minimum atomic E-state index is -0.111. The smallest absolute Gasteiger partial charge is 0.306 e. The number of aryl methyl sites for hydroxylation is 1. The number of esters is 1. The summed E-state index contributed by atoms with van der Waals surface area (Å²) in [4.78, 5) is 11.6. The zero-order chi connectivity index (χ0) is 14.1. The lowest BCUT2D eigenvalue weighted by Crippen LogP contribution is -2.18. The van der Waals surface area contributed by atoms with E-state index >= 15 is 0 Å². The minimum absolute atomic E-state index is 0.111. The molecule has 4 heteroatoms. The third-order valence-corrected chi connectivity index (χ3v) is 4.11. The Bertz CT molecular complexity index is 644. The molecule has 0 bridgehead atoms. The van der Waals surface area contributed by atoms with Crippen LogP contribution in [0.15, 0.2) is 22.6 Å². The molecule has 1 aromatic carbocycles. The molecule has 20 heavy (non-hydrogen) atoms. The number of furan rings is 1. The van der Waals surface area contributed by atoms with Gasteiger partial charge in [0.05, 0.1) is 6.61 Å². The van der Waals surface area contributed by atoms with Crippen molar-refractivity contribution in [1.29, 1.82) is 0 Å². The van der Waals surface area contributed by atoms with Crippen molar-refractivity contribution in [2.75, 3.05) is 6.61 Å². The number of hydrogen-bond donors (Lipinski definition) is 0. The molecule has 0 spiro atoms. The van der Waals surface area contributed by atoms with Crippen LogP contribution >= 0.6 is 11.6 Å². The average Bonchev–Trinajstić information content (AvgIpc) is 2.76. The molecule has 0 fully saturated rings. The first-order valence-corrected chi connectivity index (χ1v) is 7.40. The molecular formula is C16H17ClO3. The van der Waals surface area contributed by atoms with Gasteiger partial charge in [0.1, 0.15) is 11.3 Å². The highest BCUT2D eigenvalue weighted by molar-refractivity contribution is 6.31. The van der Waals surface area contributed by atoms with Gasteiger partial charge in [0.2, 0.25) is 0 Å². The molecule has 0 N–H and O–H groups in total.